The third-order valence-corrected chi connectivity index (χ3v) is 4.59. The molecular formula is C16H24N2O3. The smallest absolute Gasteiger partial charge is 0.224 e. The highest BCUT2D eigenvalue weighted by atomic mass is 16.5. The number of pyridine rings is 1. The summed E-state index contributed by atoms with van der Waals surface area (Å²) >= 11 is 0. The molecular weight excluding hydrogens is 268 g/mol. The highest BCUT2D eigenvalue weighted by Crippen LogP contribution is 2.50. The molecule has 0 spiro atoms. The second kappa shape index (κ2) is 6.12. The van der Waals surface area contributed by atoms with Crippen molar-refractivity contribution >= 4 is 5.91 Å². The maximum absolute atomic E-state index is 11.9. The summed E-state index contributed by atoms with van der Waals surface area (Å²) in [6.07, 6.45) is 4.23. The van der Waals surface area contributed by atoms with E-state index >= 15 is 0 Å². The van der Waals surface area contributed by atoms with Crippen LogP contribution in [0.4, 0.5) is 0 Å². The zero-order chi connectivity index (χ0) is 15.5. The molecule has 2 atom stereocenters. The normalized spacial score (nSPS) is 27.0. The topological polar surface area (TPSA) is 71.5 Å². The van der Waals surface area contributed by atoms with Gasteiger partial charge >= 0.3 is 0 Å². The van der Waals surface area contributed by atoms with Gasteiger partial charge in [-0.15, -0.1) is 0 Å². The summed E-state index contributed by atoms with van der Waals surface area (Å²) in [6.45, 7) is 6.80. The fraction of sp³-hybridized carbons (Fsp3) is 0.625. The number of amides is 1. The highest BCUT2D eigenvalue weighted by Gasteiger charge is 2.59. The van der Waals surface area contributed by atoms with Gasteiger partial charge in [-0.05, 0) is 24.6 Å². The SMILES string of the molecule is CCO[C@@H]1C[C@](O)(CNC(=O)Cc2ccncc2)C1(C)C. The number of hydrogen-bond donors (Lipinski definition) is 2. The lowest BCUT2D eigenvalue weighted by Gasteiger charge is -2.57. The van der Waals surface area contributed by atoms with Crippen LogP contribution in [0.15, 0.2) is 24.5 Å². The van der Waals surface area contributed by atoms with Crippen molar-refractivity contribution in [1.82, 2.24) is 10.3 Å². The van der Waals surface area contributed by atoms with E-state index < -0.39 is 5.60 Å². The van der Waals surface area contributed by atoms with E-state index in [1.54, 1.807) is 12.4 Å². The molecule has 1 fully saturated rings. The van der Waals surface area contributed by atoms with Crippen molar-refractivity contribution in [3.8, 4) is 0 Å². The molecule has 0 aliphatic heterocycles. The molecule has 1 aromatic rings. The van der Waals surface area contributed by atoms with E-state index in [0.717, 1.165) is 5.56 Å². The lowest BCUT2D eigenvalue weighted by atomic mass is 9.56. The number of ether oxygens (including phenoxy) is 1. The molecule has 0 aromatic carbocycles. The summed E-state index contributed by atoms with van der Waals surface area (Å²) in [6, 6.07) is 3.62. The van der Waals surface area contributed by atoms with E-state index in [1.165, 1.54) is 0 Å². The van der Waals surface area contributed by atoms with Gasteiger partial charge in [0, 0.05) is 37.4 Å². The third kappa shape index (κ3) is 3.24. The van der Waals surface area contributed by atoms with Gasteiger partial charge in [0.2, 0.25) is 5.91 Å². The predicted molar refractivity (Wildman–Crippen MR) is 79.7 cm³/mol. The van der Waals surface area contributed by atoms with Crippen LogP contribution < -0.4 is 5.32 Å². The summed E-state index contributed by atoms with van der Waals surface area (Å²) in [5, 5.41) is 13.5. The number of hydrogen-bond acceptors (Lipinski definition) is 4. The zero-order valence-electron chi connectivity index (χ0n) is 12.9. The fourth-order valence-corrected chi connectivity index (χ4v) is 2.76. The number of carbonyl (C=O) groups excluding carboxylic acids is 1. The Bertz CT molecular complexity index is 490. The van der Waals surface area contributed by atoms with Crippen LogP contribution >= 0.6 is 0 Å². The van der Waals surface area contributed by atoms with Crippen molar-refractivity contribution < 1.29 is 14.6 Å². The molecule has 1 aromatic heterocycles. The Balaban J connectivity index is 1.84. The monoisotopic (exact) mass is 292 g/mol. The first kappa shape index (κ1) is 15.9. The average Bonchev–Trinajstić information content (AvgIpc) is 2.46. The molecule has 0 saturated heterocycles. The van der Waals surface area contributed by atoms with Gasteiger partial charge in [-0.25, -0.2) is 0 Å². The summed E-state index contributed by atoms with van der Waals surface area (Å²) in [5.41, 5.74) is -0.345. The highest BCUT2D eigenvalue weighted by molar-refractivity contribution is 5.78. The molecule has 2 N–H and O–H groups in total. The average molecular weight is 292 g/mol. The van der Waals surface area contributed by atoms with Crippen LogP contribution in [-0.2, 0) is 16.0 Å². The van der Waals surface area contributed by atoms with Crippen LogP contribution in [-0.4, -0.2) is 40.9 Å². The van der Waals surface area contributed by atoms with Crippen molar-refractivity contribution in [2.45, 2.75) is 45.3 Å². The Morgan fingerprint density at radius 2 is 2.14 bits per heavy atom. The van der Waals surface area contributed by atoms with E-state index in [4.69, 9.17) is 4.74 Å². The Kier molecular flexibility index (Phi) is 4.64. The molecule has 0 radical (unpaired) electrons. The standard InChI is InChI=1S/C16H24N2O3/c1-4-21-13-10-16(20,15(13,2)3)11-18-14(19)9-12-5-7-17-8-6-12/h5-8,13,20H,4,9-11H2,1-3H3,(H,18,19)/t13-,16+/m1/s1. The molecule has 0 bridgehead atoms. The van der Waals surface area contributed by atoms with Gasteiger partial charge < -0.3 is 15.2 Å². The number of aromatic nitrogens is 1. The summed E-state index contributed by atoms with van der Waals surface area (Å²) in [7, 11) is 0. The quantitative estimate of drug-likeness (QED) is 0.829. The van der Waals surface area contributed by atoms with Crippen LogP contribution in [0.5, 0.6) is 0 Å². The van der Waals surface area contributed by atoms with E-state index in [-0.39, 0.29) is 24.0 Å². The largest absolute Gasteiger partial charge is 0.387 e. The molecule has 1 aliphatic carbocycles. The predicted octanol–water partition coefficient (Wildman–Crippen LogP) is 1.31. The minimum absolute atomic E-state index is 0.0459. The minimum Gasteiger partial charge on any atom is -0.387 e. The molecule has 1 heterocycles. The number of carbonyl (C=O) groups is 1. The van der Waals surface area contributed by atoms with Crippen molar-refractivity contribution in [2.75, 3.05) is 13.2 Å². The Morgan fingerprint density at radius 1 is 1.48 bits per heavy atom. The summed E-state index contributed by atoms with van der Waals surface area (Å²) < 4.78 is 5.61. The van der Waals surface area contributed by atoms with E-state index in [9.17, 15) is 9.90 Å². The number of aliphatic hydroxyl groups is 1. The molecule has 116 valence electrons. The first-order valence-corrected chi connectivity index (χ1v) is 7.38. The van der Waals surface area contributed by atoms with Crippen LogP contribution in [0.3, 0.4) is 0 Å². The van der Waals surface area contributed by atoms with Gasteiger partial charge in [-0.1, -0.05) is 13.8 Å². The Hall–Kier alpha value is -1.46. The Labute approximate surface area is 125 Å². The van der Waals surface area contributed by atoms with Crippen LogP contribution in [0.1, 0.15) is 32.8 Å². The Morgan fingerprint density at radius 3 is 2.71 bits per heavy atom. The molecule has 1 saturated carbocycles. The molecule has 2 rings (SSSR count). The minimum atomic E-state index is -0.902. The summed E-state index contributed by atoms with van der Waals surface area (Å²) in [4.78, 5) is 15.9. The first-order chi connectivity index (χ1) is 9.89. The molecule has 21 heavy (non-hydrogen) atoms. The van der Waals surface area contributed by atoms with Crippen LogP contribution in [0.2, 0.25) is 0 Å². The maximum Gasteiger partial charge on any atom is 0.224 e. The molecule has 1 aliphatic rings. The van der Waals surface area contributed by atoms with Gasteiger partial charge in [0.15, 0.2) is 0 Å². The van der Waals surface area contributed by atoms with Gasteiger partial charge in [0.1, 0.15) is 0 Å². The van der Waals surface area contributed by atoms with Crippen molar-refractivity contribution in [3.63, 3.8) is 0 Å². The third-order valence-electron chi connectivity index (χ3n) is 4.59. The van der Waals surface area contributed by atoms with Crippen LogP contribution in [0, 0.1) is 5.41 Å². The van der Waals surface area contributed by atoms with E-state index in [1.807, 2.05) is 32.9 Å². The fourth-order valence-electron chi connectivity index (χ4n) is 2.76. The number of nitrogens with one attached hydrogen (secondary N) is 1. The first-order valence-electron chi connectivity index (χ1n) is 7.38. The van der Waals surface area contributed by atoms with Gasteiger partial charge in [0.25, 0.3) is 0 Å². The van der Waals surface area contributed by atoms with Crippen molar-refractivity contribution in [3.05, 3.63) is 30.1 Å². The maximum atomic E-state index is 11.9. The molecule has 1 amide bonds. The molecule has 0 unspecified atom stereocenters. The number of rotatable bonds is 6. The zero-order valence-corrected chi connectivity index (χ0v) is 12.9. The van der Waals surface area contributed by atoms with Gasteiger partial charge in [-0.3, -0.25) is 9.78 Å². The van der Waals surface area contributed by atoms with Gasteiger partial charge in [-0.2, -0.15) is 0 Å². The van der Waals surface area contributed by atoms with E-state index in [2.05, 4.69) is 10.3 Å². The second-order valence-corrected chi connectivity index (χ2v) is 6.21. The molecule has 5 nitrogen and oxygen atoms in total. The van der Waals surface area contributed by atoms with Crippen LogP contribution in [0.25, 0.3) is 0 Å². The number of nitrogens with zero attached hydrogens (tertiary/aromatic N) is 1. The lowest BCUT2D eigenvalue weighted by Crippen LogP contribution is -2.68. The second-order valence-electron chi connectivity index (χ2n) is 6.21. The summed E-state index contributed by atoms with van der Waals surface area (Å²) in [5.74, 6) is -0.0923. The van der Waals surface area contributed by atoms with Crippen molar-refractivity contribution in [2.24, 2.45) is 5.41 Å². The van der Waals surface area contributed by atoms with Crippen molar-refractivity contribution in [1.29, 1.82) is 0 Å². The van der Waals surface area contributed by atoms with E-state index in [0.29, 0.717) is 19.4 Å². The van der Waals surface area contributed by atoms with Gasteiger partial charge in [0.05, 0.1) is 18.1 Å². The lowest BCUT2D eigenvalue weighted by molar-refractivity contribution is -0.238. The molecule has 5 heteroatoms.